The fraction of sp³-hybridized carbons (Fsp3) is 0.250. The van der Waals surface area contributed by atoms with Gasteiger partial charge in [-0.1, -0.05) is 53.7 Å². The second kappa shape index (κ2) is 7.84. The van der Waals surface area contributed by atoms with Crippen molar-refractivity contribution in [3.63, 3.8) is 0 Å². The molecular formula is C20H22N2O5S. The Hall–Kier alpha value is -2.52. The quantitative estimate of drug-likeness (QED) is 0.628. The molecule has 8 heteroatoms. The van der Waals surface area contributed by atoms with E-state index in [0.717, 1.165) is 5.56 Å². The van der Waals surface area contributed by atoms with Gasteiger partial charge in [-0.15, -0.1) is 0 Å². The van der Waals surface area contributed by atoms with Gasteiger partial charge in [-0.3, -0.25) is 0 Å². The molecule has 0 aliphatic heterocycles. The predicted octanol–water partition coefficient (Wildman–Crippen LogP) is 2.94. The van der Waals surface area contributed by atoms with E-state index in [4.69, 9.17) is 14.4 Å². The van der Waals surface area contributed by atoms with Crippen molar-refractivity contribution in [3.05, 3.63) is 60.4 Å². The van der Waals surface area contributed by atoms with Crippen LogP contribution in [0.2, 0.25) is 0 Å². The van der Waals surface area contributed by atoms with Crippen LogP contribution in [0, 0.1) is 0 Å². The third-order valence-corrected chi connectivity index (χ3v) is 4.93. The molecule has 0 saturated heterocycles. The first-order chi connectivity index (χ1) is 13.2. The zero-order chi connectivity index (χ0) is 20.4. The second-order valence-electron chi connectivity index (χ2n) is 7.04. The number of rotatable bonds is 7. The highest BCUT2D eigenvalue weighted by Gasteiger charge is 2.25. The normalized spacial score (nSPS) is 12.3. The van der Waals surface area contributed by atoms with Gasteiger partial charge >= 0.3 is 0 Å². The Bertz CT molecular complexity index is 1050. The molecule has 1 heterocycles. The average Bonchev–Trinajstić information content (AvgIpc) is 3.04. The molecule has 0 atom stereocenters. The summed E-state index contributed by atoms with van der Waals surface area (Å²) in [6, 6.07) is 15.7. The Balaban J connectivity index is 2.14. The minimum absolute atomic E-state index is 0.0120. The monoisotopic (exact) mass is 402 g/mol. The molecule has 2 aromatic carbocycles. The van der Waals surface area contributed by atoms with Crippen LogP contribution in [0.15, 0.2) is 64.0 Å². The maximum atomic E-state index is 12.1. The molecule has 0 fully saturated rings. The Kier molecular flexibility index (Phi) is 5.66. The van der Waals surface area contributed by atoms with E-state index >= 15 is 0 Å². The van der Waals surface area contributed by atoms with Crippen LogP contribution < -0.4 is 5.14 Å². The predicted molar refractivity (Wildman–Crippen MR) is 105 cm³/mol. The number of hydrogen-bond acceptors (Lipinski definition) is 6. The Morgan fingerprint density at radius 3 is 2.39 bits per heavy atom. The van der Waals surface area contributed by atoms with Gasteiger partial charge < -0.3 is 14.4 Å². The maximum absolute atomic E-state index is 12.1. The fourth-order valence-electron chi connectivity index (χ4n) is 2.81. The van der Waals surface area contributed by atoms with Gasteiger partial charge in [-0.2, -0.15) is 0 Å². The molecule has 0 unspecified atom stereocenters. The van der Waals surface area contributed by atoms with Crippen molar-refractivity contribution in [3.8, 4) is 22.4 Å². The lowest BCUT2D eigenvalue weighted by Crippen LogP contribution is -2.25. The summed E-state index contributed by atoms with van der Waals surface area (Å²) in [6.45, 7) is 3.34. The lowest BCUT2D eigenvalue weighted by atomic mass is 9.99. The van der Waals surface area contributed by atoms with Gasteiger partial charge in [-0.25, -0.2) is 13.6 Å². The molecular weight excluding hydrogens is 380 g/mol. The number of primary sulfonamides is 1. The highest BCUT2D eigenvalue weighted by Crippen LogP contribution is 2.38. The molecule has 0 bridgehead atoms. The van der Waals surface area contributed by atoms with Crippen molar-refractivity contribution in [1.82, 2.24) is 5.16 Å². The van der Waals surface area contributed by atoms with Crippen molar-refractivity contribution in [2.24, 2.45) is 5.14 Å². The minimum Gasteiger partial charge on any atom is -0.388 e. The van der Waals surface area contributed by atoms with Gasteiger partial charge in [0.1, 0.15) is 12.3 Å². The van der Waals surface area contributed by atoms with Crippen molar-refractivity contribution < 1.29 is 22.8 Å². The van der Waals surface area contributed by atoms with Crippen LogP contribution in [0.4, 0.5) is 0 Å². The van der Waals surface area contributed by atoms with E-state index in [1.807, 2.05) is 30.3 Å². The summed E-state index contributed by atoms with van der Waals surface area (Å²) < 4.78 is 35.3. The smallest absolute Gasteiger partial charge is 0.238 e. The number of ether oxygens (including phenoxy) is 1. The van der Waals surface area contributed by atoms with Crippen LogP contribution in [-0.4, -0.2) is 30.9 Å². The molecule has 0 saturated carbocycles. The number of benzene rings is 2. The maximum Gasteiger partial charge on any atom is 0.238 e. The van der Waals surface area contributed by atoms with Gasteiger partial charge in [0, 0.05) is 11.1 Å². The summed E-state index contributed by atoms with van der Waals surface area (Å²) >= 11 is 0. The fourth-order valence-corrected chi connectivity index (χ4v) is 3.55. The molecule has 28 heavy (non-hydrogen) atoms. The lowest BCUT2D eigenvalue weighted by molar-refractivity contribution is -0.0314. The molecule has 3 N–H and O–H groups in total. The zero-order valence-corrected chi connectivity index (χ0v) is 16.4. The van der Waals surface area contributed by atoms with E-state index in [2.05, 4.69) is 5.16 Å². The zero-order valence-electron chi connectivity index (χ0n) is 15.6. The van der Waals surface area contributed by atoms with Gasteiger partial charge in [0.15, 0.2) is 5.76 Å². The summed E-state index contributed by atoms with van der Waals surface area (Å²) in [5.41, 5.74) is 1.11. The third kappa shape index (κ3) is 4.66. The van der Waals surface area contributed by atoms with Crippen LogP contribution in [0.3, 0.4) is 0 Å². The number of aromatic nitrogens is 1. The van der Waals surface area contributed by atoms with Gasteiger partial charge in [0.25, 0.3) is 0 Å². The number of aliphatic hydroxyl groups is 1. The van der Waals surface area contributed by atoms with Crippen LogP contribution in [0.25, 0.3) is 22.4 Å². The van der Waals surface area contributed by atoms with Crippen LogP contribution in [0.1, 0.15) is 19.6 Å². The van der Waals surface area contributed by atoms with Crippen molar-refractivity contribution >= 4 is 10.0 Å². The van der Waals surface area contributed by atoms with E-state index in [-0.39, 0.29) is 18.1 Å². The lowest BCUT2D eigenvalue weighted by Gasteiger charge is -2.16. The van der Waals surface area contributed by atoms with Gasteiger partial charge in [0.2, 0.25) is 10.0 Å². The summed E-state index contributed by atoms with van der Waals surface area (Å²) in [4.78, 5) is -0.0286. The van der Waals surface area contributed by atoms with E-state index in [1.165, 1.54) is 6.07 Å². The summed E-state index contributed by atoms with van der Waals surface area (Å²) in [7, 11) is -3.97. The van der Waals surface area contributed by atoms with Crippen LogP contribution >= 0.6 is 0 Å². The van der Waals surface area contributed by atoms with Crippen LogP contribution in [0.5, 0.6) is 0 Å². The molecule has 0 spiro atoms. The molecule has 148 valence electrons. The molecule has 0 radical (unpaired) electrons. The number of nitrogens with zero attached hydrogens (tertiary/aromatic N) is 1. The highest BCUT2D eigenvalue weighted by atomic mass is 32.2. The highest BCUT2D eigenvalue weighted by molar-refractivity contribution is 7.89. The number of sulfonamides is 1. The van der Waals surface area contributed by atoms with E-state index in [9.17, 15) is 13.5 Å². The van der Waals surface area contributed by atoms with E-state index in [1.54, 1.807) is 32.0 Å². The topological polar surface area (TPSA) is 116 Å². The molecule has 0 aliphatic carbocycles. The standard InChI is InChI=1S/C20H22N2O5S/c1-20(2,23)13-26-12-16-18(15-10-6-7-11-17(15)28(21,24)25)19(22-27-16)14-8-4-3-5-9-14/h3-11,23H,12-13H2,1-2H3,(H2,21,24,25). The Labute approximate surface area is 163 Å². The minimum atomic E-state index is -3.97. The molecule has 0 amide bonds. The average molecular weight is 402 g/mol. The molecule has 3 rings (SSSR count). The summed E-state index contributed by atoms with van der Waals surface area (Å²) in [5, 5.41) is 19.4. The van der Waals surface area contributed by atoms with Crippen LogP contribution in [-0.2, 0) is 21.4 Å². The largest absolute Gasteiger partial charge is 0.388 e. The second-order valence-corrected chi connectivity index (χ2v) is 8.57. The van der Waals surface area contributed by atoms with Crippen molar-refractivity contribution in [2.75, 3.05) is 6.61 Å². The van der Waals surface area contributed by atoms with Crippen molar-refractivity contribution in [2.45, 2.75) is 31.0 Å². The Morgan fingerprint density at radius 2 is 1.75 bits per heavy atom. The SMILES string of the molecule is CC(C)(O)COCc1onc(-c2ccccc2)c1-c1ccccc1S(N)(=O)=O. The Morgan fingerprint density at radius 1 is 1.11 bits per heavy atom. The first kappa shape index (κ1) is 20.2. The number of nitrogens with two attached hydrogens (primary N) is 1. The van der Waals surface area contributed by atoms with Gasteiger partial charge in [-0.05, 0) is 19.9 Å². The van der Waals surface area contributed by atoms with Gasteiger partial charge in [0.05, 0.1) is 22.7 Å². The first-order valence-corrected chi connectivity index (χ1v) is 10.2. The van der Waals surface area contributed by atoms with E-state index < -0.39 is 15.6 Å². The summed E-state index contributed by atoms with van der Waals surface area (Å²) in [5.74, 6) is 0.346. The first-order valence-electron chi connectivity index (χ1n) is 8.63. The molecule has 3 aromatic rings. The third-order valence-electron chi connectivity index (χ3n) is 3.96. The summed E-state index contributed by atoms with van der Waals surface area (Å²) in [6.07, 6.45) is 0. The number of hydrogen-bond donors (Lipinski definition) is 2. The molecule has 1 aromatic heterocycles. The molecule has 0 aliphatic rings. The molecule has 7 nitrogen and oxygen atoms in total. The van der Waals surface area contributed by atoms with Crippen molar-refractivity contribution in [1.29, 1.82) is 0 Å². The van der Waals surface area contributed by atoms with E-state index in [0.29, 0.717) is 22.6 Å².